The van der Waals surface area contributed by atoms with Crippen molar-refractivity contribution in [2.45, 2.75) is 31.7 Å². The molecule has 1 aliphatic rings. The number of halogens is 1. The lowest BCUT2D eigenvalue weighted by Gasteiger charge is -2.28. The van der Waals surface area contributed by atoms with E-state index in [0.717, 1.165) is 23.3 Å². The van der Waals surface area contributed by atoms with Crippen LogP contribution in [0.5, 0.6) is 0 Å². The Morgan fingerprint density at radius 2 is 1.83 bits per heavy atom. The summed E-state index contributed by atoms with van der Waals surface area (Å²) in [5, 5.41) is 1.64. The molecule has 1 unspecified atom stereocenters. The van der Waals surface area contributed by atoms with Gasteiger partial charge in [0.2, 0.25) is 0 Å². The van der Waals surface area contributed by atoms with Gasteiger partial charge in [-0.2, -0.15) is 0 Å². The van der Waals surface area contributed by atoms with E-state index in [1.165, 1.54) is 25.3 Å². The predicted octanol–water partition coefficient (Wildman–Crippen LogP) is 4.17. The minimum atomic E-state index is -0.162. The number of nitrogens with two attached hydrogens (primary N) is 1. The van der Waals surface area contributed by atoms with E-state index in [-0.39, 0.29) is 11.9 Å². The zero-order valence-corrected chi connectivity index (χ0v) is 10.4. The van der Waals surface area contributed by atoms with Gasteiger partial charge in [0.25, 0.3) is 0 Å². The summed E-state index contributed by atoms with van der Waals surface area (Å²) in [5.74, 6) is 0.606. The highest BCUT2D eigenvalue weighted by atomic mass is 19.1. The molecular weight excluding hydrogens is 225 g/mol. The van der Waals surface area contributed by atoms with Crippen molar-refractivity contribution in [3.8, 4) is 0 Å². The summed E-state index contributed by atoms with van der Waals surface area (Å²) < 4.78 is 13.7. The molecule has 94 valence electrons. The van der Waals surface area contributed by atoms with Gasteiger partial charge in [0.1, 0.15) is 5.82 Å². The van der Waals surface area contributed by atoms with Crippen molar-refractivity contribution in [1.29, 1.82) is 0 Å². The second-order valence-electron chi connectivity index (χ2n) is 5.32. The molecule has 0 bridgehead atoms. The van der Waals surface area contributed by atoms with Crippen LogP contribution in [-0.2, 0) is 0 Å². The van der Waals surface area contributed by atoms with E-state index in [4.69, 9.17) is 5.73 Å². The molecule has 0 amide bonds. The normalized spacial score (nSPS) is 17.7. The summed E-state index contributed by atoms with van der Waals surface area (Å²) in [6.07, 6.45) is 4.96. The van der Waals surface area contributed by atoms with Gasteiger partial charge in [0.15, 0.2) is 0 Å². The van der Waals surface area contributed by atoms with Crippen molar-refractivity contribution in [1.82, 2.24) is 0 Å². The van der Waals surface area contributed by atoms with Crippen molar-refractivity contribution in [2.75, 3.05) is 0 Å². The molecule has 0 saturated heterocycles. The minimum Gasteiger partial charge on any atom is -0.324 e. The summed E-state index contributed by atoms with van der Waals surface area (Å²) in [5.41, 5.74) is 7.38. The van der Waals surface area contributed by atoms with Gasteiger partial charge in [-0.05, 0) is 29.4 Å². The lowest BCUT2D eigenvalue weighted by molar-refractivity contribution is 0.278. The Morgan fingerprint density at radius 1 is 1.11 bits per heavy atom. The molecule has 1 fully saturated rings. The fourth-order valence-electron chi connectivity index (χ4n) is 2.82. The van der Waals surface area contributed by atoms with Crippen LogP contribution >= 0.6 is 0 Å². The molecule has 0 spiro atoms. The Kier molecular flexibility index (Phi) is 3.04. The molecule has 1 atom stereocenters. The van der Waals surface area contributed by atoms with Crippen LogP contribution in [0.15, 0.2) is 36.4 Å². The van der Waals surface area contributed by atoms with E-state index in [0.29, 0.717) is 5.39 Å². The minimum absolute atomic E-state index is 0.0285. The molecule has 3 rings (SSSR count). The molecule has 2 aromatic carbocycles. The van der Waals surface area contributed by atoms with Gasteiger partial charge in [0.05, 0.1) is 0 Å². The summed E-state index contributed by atoms with van der Waals surface area (Å²) >= 11 is 0. The van der Waals surface area contributed by atoms with Gasteiger partial charge in [0, 0.05) is 11.4 Å². The molecule has 0 aromatic heterocycles. The number of hydrogen-bond acceptors (Lipinski definition) is 1. The van der Waals surface area contributed by atoms with E-state index >= 15 is 0 Å². The van der Waals surface area contributed by atoms with Crippen molar-refractivity contribution in [2.24, 2.45) is 11.7 Å². The van der Waals surface area contributed by atoms with E-state index in [1.807, 2.05) is 30.3 Å². The third-order valence-electron chi connectivity index (χ3n) is 4.12. The van der Waals surface area contributed by atoms with Gasteiger partial charge in [-0.3, -0.25) is 0 Å². The first-order chi connectivity index (χ1) is 8.75. The molecular formula is C16H18FN. The smallest absolute Gasteiger partial charge is 0.131 e. The number of hydrogen-bond donors (Lipinski definition) is 1. The lowest BCUT2D eigenvalue weighted by Crippen LogP contribution is -2.20. The van der Waals surface area contributed by atoms with E-state index in [1.54, 1.807) is 0 Å². The quantitative estimate of drug-likeness (QED) is 0.860. The maximum atomic E-state index is 13.7. The Labute approximate surface area is 107 Å². The number of fused-ring (bicyclic) bond motifs is 1. The predicted molar refractivity (Wildman–Crippen MR) is 72.8 cm³/mol. The lowest BCUT2D eigenvalue weighted by atomic mass is 9.79. The standard InChI is InChI=1S/C16H18FN/c17-15-9-8-14(12-6-1-2-7-13(12)15)16(18)10-11-4-3-5-11/h1-2,6-9,11,16H,3-5,10,18H2. The van der Waals surface area contributed by atoms with Crippen LogP contribution in [0.25, 0.3) is 10.8 Å². The van der Waals surface area contributed by atoms with Crippen LogP contribution in [0.2, 0.25) is 0 Å². The van der Waals surface area contributed by atoms with Crippen LogP contribution in [-0.4, -0.2) is 0 Å². The van der Waals surface area contributed by atoms with Gasteiger partial charge in [-0.15, -0.1) is 0 Å². The molecule has 1 nitrogen and oxygen atoms in total. The molecule has 1 aliphatic carbocycles. The zero-order valence-electron chi connectivity index (χ0n) is 10.4. The van der Waals surface area contributed by atoms with Crippen molar-refractivity contribution in [3.05, 3.63) is 47.8 Å². The first-order valence-corrected chi connectivity index (χ1v) is 6.68. The van der Waals surface area contributed by atoms with Gasteiger partial charge in [-0.25, -0.2) is 4.39 Å². The monoisotopic (exact) mass is 243 g/mol. The average molecular weight is 243 g/mol. The van der Waals surface area contributed by atoms with Crippen LogP contribution in [0.1, 0.15) is 37.3 Å². The second kappa shape index (κ2) is 4.69. The van der Waals surface area contributed by atoms with Gasteiger partial charge >= 0.3 is 0 Å². The Morgan fingerprint density at radius 3 is 2.50 bits per heavy atom. The summed E-state index contributed by atoms with van der Waals surface area (Å²) in [6.45, 7) is 0. The molecule has 0 aliphatic heterocycles. The van der Waals surface area contributed by atoms with E-state index < -0.39 is 0 Å². The van der Waals surface area contributed by atoms with Gasteiger partial charge in [-0.1, -0.05) is 49.6 Å². The maximum Gasteiger partial charge on any atom is 0.131 e. The van der Waals surface area contributed by atoms with Crippen LogP contribution in [0, 0.1) is 11.7 Å². The fourth-order valence-corrected chi connectivity index (χ4v) is 2.82. The van der Waals surface area contributed by atoms with E-state index in [2.05, 4.69) is 0 Å². The van der Waals surface area contributed by atoms with Crippen LogP contribution < -0.4 is 5.73 Å². The Bertz CT molecular complexity index is 560. The largest absolute Gasteiger partial charge is 0.324 e. The molecule has 1 saturated carbocycles. The molecule has 18 heavy (non-hydrogen) atoms. The van der Waals surface area contributed by atoms with E-state index in [9.17, 15) is 4.39 Å². The maximum absolute atomic E-state index is 13.7. The first kappa shape index (κ1) is 11.7. The highest BCUT2D eigenvalue weighted by Crippen LogP contribution is 2.35. The summed E-state index contributed by atoms with van der Waals surface area (Å²) in [6, 6.07) is 11.0. The fraction of sp³-hybridized carbons (Fsp3) is 0.375. The van der Waals surface area contributed by atoms with Crippen LogP contribution in [0.3, 0.4) is 0 Å². The SMILES string of the molecule is NC(CC1CCC1)c1ccc(F)c2ccccc12. The van der Waals surface area contributed by atoms with Crippen molar-refractivity contribution in [3.63, 3.8) is 0 Å². The number of benzene rings is 2. The topological polar surface area (TPSA) is 26.0 Å². The summed E-state index contributed by atoms with van der Waals surface area (Å²) in [4.78, 5) is 0. The molecule has 2 heteroatoms. The van der Waals surface area contributed by atoms with Crippen molar-refractivity contribution < 1.29 is 4.39 Å². The van der Waals surface area contributed by atoms with Crippen LogP contribution in [0.4, 0.5) is 4.39 Å². The molecule has 0 radical (unpaired) electrons. The Hall–Kier alpha value is -1.41. The third kappa shape index (κ3) is 2.01. The van der Waals surface area contributed by atoms with Crippen molar-refractivity contribution >= 4 is 10.8 Å². The molecule has 2 aromatic rings. The molecule has 2 N–H and O–H groups in total. The van der Waals surface area contributed by atoms with Gasteiger partial charge < -0.3 is 5.73 Å². The zero-order chi connectivity index (χ0) is 12.5. The third-order valence-corrected chi connectivity index (χ3v) is 4.12. The average Bonchev–Trinajstić information content (AvgIpc) is 2.34. The second-order valence-corrected chi connectivity index (χ2v) is 5.32. The first-order valence-electron chi connectivity index (χ1n) is 6.68. The Balaban J connectivity index is 1.97. The molecule has 0 heterocycles. The highest BCUT2D eigenvalue weighted by molar-refractivity contribution is 5.86. The summed E-state index contributed by atoms with van der Waals surface area (Å²) in [7, 11) is 0. The highest BCUT2D eigenvalue weighted by Gasteiger charge is 2.22. The number of rotatable bonds is 3.